The summed E-state index contributed by atoms with van der Waals surface area (Å²) in [5, 5.41) is 11.6. The SMILES string of the molecule is CCC(=O)c1cc(-c2ccnc(SC)n2)ccc1[N+](=O)[O-]. The molecule has 0 unspecified atom stereocenters. The van der Waals surface area contributed by atoms with Gasteiger partial charge in [0.15, 0.2) is 10.9 Å². The van der Waals surface area contributed by atoms with Gasteiger partial charge in [-0.1, -0.05) is 18.7 Å². The molecular weight excluding hydrogens is 290 g/mol. The number of nitro benzene ring substituents is 1. The van der Waals surface area contributed by atoms with Gasteiger partial charge in [-0.25, -0.2) is 9.97 Å². The molecule has 0 aliphatic carbocycles. The minimum Gasteiger partial charge on any atom is -0.294 e. The molecule has 0 radical (unpaired) electrons. The Hall–Kier alpha value is -2.28. The lowest BCUT2D eigenvalue weighted by molar-refractivity contribution is -0.385. The fourth-order valence-corrected chi connectivity index (χ4v) is 2.22. The van der Waals surface area contributed by atoms with E-state index >= 15 is 0 Å². The van der Waals surface area contributed by atoms with Gasteiger partial charge < -0.3 is 0 Å². The van der Waals surface area contributed by atoms with E-state index in [1.807, 2.05) is 6.26 Å². The van der Waals surface area contributed by atoms with E-state index in [0.29, 0.717) is 16.4 Å². The smallest absolute Gasteiger partial charge is 0.280 e. The number of thioether (sulfide) groups is 1. The largest absolute Gasteiger partial charge is 0.294 e. The van der Waals surface area contributed by atoms with Crippen molar-refractivity contribution in [2.24, 2.45) is 0 Å². The maximum Gasteiger partial charge on any atom is 0.280 e. The Balaban J connectivity index is 2.55. The molecule has 2 rings (SSSR count). The summed E-state index contributed by atoms with van der Waals surface area (Å²) in [6.07, 6.45) is 3.70. The van der Waals surface area contributed by atoms with Crippen molar-refractivity contribution in [1.82, 2.24) is 9.97 Å². The van der Waals surface area contributed by atoms with Gasteiger partial charge in [-0.2, -0.15) is 0 Å². The number of aromatic nitrogens is 2. The number of Topliss-reactive ketones (excluding diaryl/α,β-unsaturated/α-hetero) is 1. The van der Waals surface area contributed by atoms with E-state index in [-0.39, 0.29) is 23.5 Å². The van der Waals surface area contributed by atoms with E-state index in [1.54, 1.807) is 25.3 Å². The van der Waals surface area contributed by atoms with E-state index < -0.39 is 4.92 Å². The van der Waals surface area contributed by atoms with Crippen LogP contribution in [0.2, 0.25) is 0 Å². The molecule has 2 aromatic rings. The zero-order valence-electron chi connectivity index (χ0n) is 11.6. The molecule has 0 saturated carbocycles. The molecular formula is C14H13N3O3S. The van der Waals surface area contributed by atoms with Gasteiger partial charge in [-0.05, 0) is 24.5 Å². The van der Waals surface area contributed by atoms with Crippen molar-refractivity contribution in [3.8, 4) is 11.3 Å². The van der Waals surface area contributed by atoms with Crippen molar-refractivity contribution in [1.29, 1.82) is 0 Å². The maximum atomic E-state index is 11.9. The van der Waals surface area contributed by atoms with Gasteiger partial charge >= 0.3 is 0 Å². The second kappa shape index (κ2) is 6.45. The standard InChI is InChI=1S/C14H13N3O3S/c1-3-13(18)10-8-9(4-5-12(10)17(19)20)11-6-7-15-14(16-11)21-2/h4-8H,3H2,1-2H3. The first-order valence-corrected chi connectivity index (χ1v) is 7.48. The van der Waals surface area contributed by atoms with Crippen LogP contribution in [0.25, 0.3) is 11.3 Å². The van der Waals surface area contributed by atoms with Crippen LogP contribution in [0.1, 0.15) is 23.7 Å². The quantitative estimate of drug-likeness (QED) is 0.277. The van der Waals surface area contributed by atoms with Crippen molar-refractivity contribution >= 4 is 23.2 Å². The highest BCUT2D eigenvalue weighted by atomic mass is 32.2. The number of hydrogen-bond acceptors (Lipinski definition) is 6. The highest BCUT2D eigenvalue weighted by molar-refractivity contribution is 7.98. The monoisotopic (exact) mass is 303 g/mol. The molecule has 6 nitrogen and oxygen atoms in total. The van der Waals surface area contributed by atoms with E-state index in [2.05, 4.69) is 9.97 Å². The topological polar surface area (TPSA) is 86.0 Å². The Labute approximate surface area is 125 Å². The highest BCUT2D eigenvalue weighted by Crippen LogP contribution is 2.27. The van der Waals surface area contributed by atoms with Gasteiger partial charge in [0.1, 0.15) is 0 Å². The summed E-state index contributed by atoms with van der Waals surface area (Å²) < 4.78 is 0. The van der Waals surface area contributed by atoms with Crippen LogP contribution in [0.15, 0.2) is 35.6 Å². The molecule has 108 valence electrons. The zero-order chi connectivity index (χ0) is 15.4. The first-order chi connectivity index (χ1) is 10.1. The number of ketones is 1. The normalized spacial score (nSPS) is 10.4. The minimum atomic E-state index is -0.542. The first-order valence-electron chi connectivity index (χ1n) is 6.25. The van der Waals surface area contributed by atoms with Crippen LogP contribution in [0.4, 0.5) is 5.69 Å². The molecule has 7 heteroatoms. The van der Waals surface area contributed by atoms with Gasteiger partial charge in [0.2, 0.25) is 0 Å². The van der Waals surface area contributed by atoms with Gasteiger partial charge in [0.25, 0.3) is 5.69 Å². The van der Waals surface area contributed by atoms with Gasteiger partial charge in [0, 0.05) is 24.2 Å². The lowest BCUT2D eigenvalue weighted by Crippen LogP contribution is -2.03. The highest BCUT2D eigenvalue weighted by Gasteiger charge is 2.20. The Morgan fingerprint density at radius 2 is 2.14 bits per heavy atom. The Kier molecular flexibility index (Phi) is 4.64. The molecule has 1 heterocycles. The predicted octanol–water partition coefficient (Wildman–Crippen LogP) is 3.37. The summed E-state index contributed by atoms with van der Waals surface area (Å²) >= 11 is 1.40. The maximum absolute atomic E-state index is 11.9. The average molecular weight is 303 g/mol. The number of nitrogens with zero attached hydrogens (tertiary/aromatic N) is 3. The molecule has 0 aliphatic rings. The number of nitro groups is 1. The number of benzene rings is 1. The van der Waals surface area contributed by atoms with E-state index in [9.17, 15) is 14.9 Å². The summed E-state index contributed by atoms with van der Waals surface area (Å²) in [4.78, 5) is 30.8. The van der Waals surface area contributed by atoms with Crippen molar-refractivity contribution < 1.29 is 9.72 Å². The molecule has 0 spiro atoms. The number of rotatable bonds is 5. The number of carbonyl (C=O) groups excluding carboxylic acids is 1. The van der Waals surface area contributed by atoms with Crippen LogP contribution in [0.3, 0.4) is 0 Å². The fourth-order valence-electron chi connectivity index (χ4n) is 1.87. The van der Waals surface area contributed by atoms with Crippen LogP contribution in [-0.4, -0.2) is 26.9 Å². The molecule has 0 bridgehead atoms. The Bertz CT molecular complexity index is 704. The molecule has 0 saturated heterocycles. The van der Waals surface area contributed by atoms with Crippen molar-refractivity contribution in [3.63, 3.8) is 0 Å². The van der Waals surface area contributed by atoms with Crippen LogP contribution in [-0.2, 0) is 0 Å². The molecule has 0 amide bonds. The van der Waals surface area contributed by atoms with Crippen molar-refractivity contribution in [2.75, 3.05) is 6.26 Å². The molecule has 1 aromatic carbocycles. The molecule has 21 heavy (non-hydrogen) atoms. The lowest BCUT2D eigenvalue weighted by atomic mass is 10.0. The third kappa shape index (κ3) is 3.25. The van der Waals surface area contributed by atoms with Gasteiger partial charge in [0.05, 0.1) is 16.2 Å². The second-order valence-electron chi connectivity index (χ2n) is 4.19. The summed E-state index contributed by atoms with van der Waals surface area (Å²) in [5.41, 5.74) is 1.23. The fraction of sp³-hybridized carbons (Fsp3) is 0.214. The molecule has 0 N–H and O–H groups in total. The van der Waals surface area contributed by atoms with Crippen LogP contribution < -0.4 is 0 Å². The third-order valence-electron chi connectivity index (χ3n) is 2.93. The summed E-state index contributed by atoms with van der Waals surface area (Å²) in [6, 6.07) is 6.17. The molecule has 1 aromatic heterocycles. The van der Waals surface area contributed by atoms with Gasteiger partial charge in [-0.15, -0.1) is 0 Å². The summed E-state index contributed by atoms with van der Waals surface area (Å²) in [7, 11) is 0. The molecule has 0 fully saturated rings. The average Bonchev–Trinajstić information content (AvgIpc) is 2.53. The number of carbonyl (C=O) groups is 1. The van der Waals surface area contributed by atoms with Crippen molar-refractivity contribution in [2.45, 2.75) is 18.5 Å². The van der Waals surface area contributed by atoms with E-state index in [0.717, 1.165) is 0 Å². The van der Waals surface area contributed by atoms with E-state index in [4.69, 9.17) is 0 Å². The summed E-state index contributed by atoms with van der Waals surface area (Å²) in [6.45, 7) is 1.68. The minimum absolute atomic E-state index is 0.115. The van der Waals surface area contributed by atoms with E-state index in [1.165, 1.54) is 23.9 Å². The second-order valence-corrected chi connectivity index (χ2v) is 4.97. The zero-order valence-corrected chi connectivity index (χ0v) is 12.4. The number of hydrogen-bond donors (Lipinski definition) is 0. The van der Waals surface area contributed by atoms with Crippen LogP contribution in [0.5, 0.6) is 0 Å². The predicted molar refractivity (Wildman–Crippen MR) is 80.5 cm³/mol. The summed E-state index contributed by atoms with van der Waals surface area (Å²) in [5.74, 6) is -0.261. The molecule has 0 aliphatic heterocycles. The lowest BCUT2D eigenvalue weighted by Gasteiger charge is -2.05. The Morgan fingerprint density at radius 1 is 1.38 bits per heavy atom. The Morgan fingerprint density at radius 3 is 2.76 bits per heavy atom. The van der Waals surface area contributed by atoms with Crippen LogP contribution in [0, 0.1) is 10.1 Å². The first kappa shape index (κ1) is 15.1. The third-order valence-corrected chi connectivity index (χ3v) is 3.49. The van der Waals surface area contributed by atoms with Crippen molar-refractivity contribution in [3.05, 3.63) is 46.1 Å². The molecule has 0 atom stereocenters. The van der Waals surface area contributed by atoms with Gasteiger partial charge in [-0.3, -0.25) is 14.9 Å². The van der Waals surface area contributed by atoms with Crippen LogP contribution >= 0.6 is 11.8 Å².